The molecule has 0 aliphatic rings. The van der Waals surface area contributed by atoms with Gasteiger partial charge in [-0.05, 0) is 0 Å². The van der Waals surface area contributed by atoms with Gasteiger partial charge in [-0.15, -0.1) is 5.10 Å². The van der Waals surface area contributed by atoms with Crippen molar-refractivity contribution in [2.24, 2.45) is 7.05 Å². The summed E-state index contributed by atoms with van der Waals surface area (Å²) in [6.45, 7) is 0. The Kier molecular flexibility index (Phi) is 1.41. The number of aryl methyl sites for hydroxylation is 1. The highest BCUT2D eigenvalue weighted by Crippen LogP contribution is 2.02. The van der Waals surface area contributed by atoms with Gasteiger partial charge in [-0.2, -0.15) is 4.39 Å². The van der Waals surface area contributed by atoms with Gasteiger partial charge in [0.1, 0.15) is 5.56 Å². The molecule has 1 aromatic rings. The average molecular weight is 144 g/mol. The summed E-state index contributed by atoms with van der Waals surface area (Å²) in [6.07, 6.45) is 1.11. The Morgan fingerprint density at radius 2 is 2.50 bits per heavy atom. The van der Waals surface area contributed by atoms with E-state index < -0.39 is 17.5 Å². The van der Waals surface area contributed by atoms with Gasteiger partial charge in [0, 0.05) is 13.2 Å². The molecule has 0 saturated carbocycles. The summed E-state index contributed by atoms with van der Waals surface area (Å²) in [5.74, 6) is -2.25. The summed E-state index contributed by atoms with van der Waals surface area (Å²) >= 11 is 0. The Balaban J connectivity index is 3.15. The number of rotatable bonds is 1. The Morgan fingerprint density at radius 3 is 2.70 bits per heavy atom. The maximum Gasteiger partial charge on any atom is 0.342 e. The molecule has 0 aliphatic heterocycles. The van der Waals surface area contributed by atoms with Crippen LogP contribution in [-0.2, 0) is 7.05 Å². The fourth-order valence-corrected chi connectivity index (χ4v) is 0.605. The van der Waals surface area contributed by atoms with Crippen LogP contribution in [0, 0.1) is 5.95 Å². The number of carbonyl (C=O) groups is 1. The zero-order valence-electron chi connectivity index (χ0n) is 5.21. The van der Waals surface area contributed by atoms with Gasteiger partial charge in [0.25, 0.3) is 0 Å². The third-order valence-corrected chi connectivity index (χ3v) is 1.01. The molecule has 1 N–H and O–H groups in total. The fraction of sp³-hybridized carbons (Fsp3) is 0.200. The van der Waals surface area contributed by atoms with Crippen molar-refractivity contribution in [3.63, 3.8) is 0 Å². The summed E-state index contributed by atoms with van der Waals surface area (Å²) < 4.78 is 13.5. The van der Waals surface area contributed by atoms with Crippen molar-refractivity contribution < 1.29 is 14.3 Å². The van der Waals surface area contributed by atoms with Crippen LogP contribution in [0.3, 0.4) is 0 Å². The van der Waals surface area contributed by atoms with Crippen LogP contribution >= 0.6 is 0 Å². The molecule has 10 heavy (non-hydrogen) atoms. The highest BCUT2D eigenvalue weighted by molar-refractivity contribution is 5.87. The molecule has 0 radical (unpaired) electrons. The van der Waals surface area contributed by atoms with Crippen LogP contribution < -0.4 is 0 Å². The predicted molar refractivity (Wildman–Crippen MR) is 30.1 cm³/mol. The molecular weight excluding hydrogens is 139 g/mol. The zero-order chi connectivity index (χ0) is 7.72. The molecule has 0 saturated heterocycles. The first-order valence-corrected chi connectivity index (χ1v) is 2.53. The summed E-state index contributed by atoms with van der Waals surface area (Å²) in [6, 6.07) is 0. The van der Waals surface area contributed by atoms with Crippen molar-refractivity contribution in [3.8, 4) is 0 Å². The topological polar surface area (TPSA) is 55.1 Å². The predicted octanol–water partition coefficient (Wildman–Crippen LogP) is 0.257. The molecule has 4 nitrogen and oxygen atoms in total. The molecule has 0 amide bonds. The Labute approximate surface area is 55.9 Å². The van der Waals surface area contributed by atoms with Crippen molar-refractivity contribution in [1.29, 1.82) is 0 Å². The molecule has 0 aromatic carbocycles. The first-order chi connectivity index (χ1) is 4.61. The minimum absolute atomic E-state index is 0.400. The van der Waals surface area contributed by atoms with Crippen molar-refractivity contribution in [2.75, 3.05) is 0 Å². The molecule has 0 aliphatic carbocycles. The SMILES string of the molecule is Cn1cc(C(=O)O)c(F)n1. The van der Waals surface area contributed by atoms with E-state index in [2.05, 4.69) is 5.10 Å². The van der Waals surface area contributed by atoms with Crippen LogP contribution in [0.5, 0.6) is 0 Å². The molecule has 0 unspecified atom stereocenters. The monoisotopic (exact) mass is 144 g/mol. The Hall–Kier alpha value is -1.39. The number of hydrogen-bond donors (Lipinski definition) is 1. The van der Waals surface area contributed by atoms with Gasteiger partial charge in [-0.3, -0.25) is 4.68 Å². The molecule has 0 spiro atoms. The van der Waals surface area contributed by atoms with Crippen molar-refractivity contribution >= 4 is 5.97 Å². The van der Waals surface area contributed by atoms with E-state index in [0.717, 1.165) is 10.9 Å². The molecule has 1 heterocycles. The van der Waals surface area contributed by atoms with Gasteiger partial charge in [-0.1, -0.05) is 0 Å². The van der Waals surface area contributed by atoms with Gasteiger partial charge in [0.2, 0.25) is 5.95 Å². The van der Waals surface area contributed by atoms with Crippen molar-refractivity contribution in [1.82, 2.24) is 9.78 Å². The second-order valence-electron chi connectivity index (χ2n) is 1.81. The number of halogens is 1. The number of carboxylic acids is 1. The third-order valence-electron chi connectivity index (χ3n) is 1.01. The van der Waals surface area contributed by atoms with E-state index in [1.807, 2.05) is 0 Å². The lowest BCUT2D eigenvalue weighted by Gasteiger charge is -1.81. The highest BCUT2D eigenvalue weighted by atomic mass is 19.1. The number of aromatic carboxylic acids is 1. The molecule has 0 fully saturated rings. The van der Waals surface area contributed by atoms with Crippen LogP contribution in [0.4, 0.5) is 4.39 Å². The summed E-state index contributed by atoms with van der Waals surface area (Å²) in [4.78, 5) is 10.1. The van der Waals surface area contributed by atoms with Crippen molar-refractivity contribution in [2.45, 2.75) is 0 Å². The fourth-order valence-electron chi connectivity index (χ4n) is 0.605. The minimum Gasteiger partial charge on any atom is -0.477 e. The van der Waals surface area contributed by atoms with Crippen molar-refractivity contribution in [3.05, 3.63) is 17.7 Å². The van der Waals surface area contributed by atoms with E-state index in [1.54, 1.807) is 0 Å². The molecular formula is C5H5FN2O2. The lowest BCUT2D eigenvalue weighted by molar-refractivity contribution is 0.0692. The zero-order valence-corrected chi connectivity index (χ0v) is 5.21. The van der Waals surface area contributed by atoms with Crippen LogP contribution in [0.25, 0.3) is 0 Å². The number of carboxylic acid groups (broad SMARTS) is 1. The Bertz CT molecular complexity index is 269. The van der Waals surface area contributed by atoms with Gasteiger partial charge in [0.05, 0.1) is 0 Å². The summed E-state index contributed by atoms with van der Waals surface area (Å²) in [5.41, 5.74) is -0.400. The normalized spacial score (nSPS) is 9.80. The van der Waals surface area contributed by atoms with E-state index in [4.69, 9.17) is 5.11 Å². The van der Waals surface area contributed by atoms with Crippen LogP contribution in [-0.4, -0.2) is 20.9 Å². The number of hydrogen-bond acceptors (Lipinski definition) is 2. The standard InChI is InChI=1S/C5H5FN2O2/c1-8-2-3(5(9)10)4(6)7-8/h2H,1H3,(H,9,10). The van der Waals surface area contributed by atoms with E-state index in [1.165, 1.54) is 7.05 Å². The number of nitrogens with zero attached hydrogens (tertiary/aromatic N) is 2. The van der Waals surface area contributed by atoms with E-state index in [-0.39, 0.29) is 0 Å². The first kappa shape index (κ1) is 6.73. The maximum atomic E-state index is 12.3. The lowest BCUT2D eigenvalue weighted by Crippen LogP contribution is -1.96. The smallest absolute Gasteiger partial charge is 0.342 e. The highest BCUT2D eigenvalue weighted by Gasteiger charge is 2.12. The largest absolute Gasteiger partial charge is 0.477 e. The van der Waals surface area contributed by atoms with E-state index in [0.29, 0.717) is 0 Å². The molecule has 0 bridgehead atoms. The van der Waals surface area contributed by atoms with Gasteiger partial charge >= 0.3 is 5.97 Å². The van der Waals surface area contributed by atoms with Crippen LogP contribution in [0.15, 0.2) is 6.20 Å². The molecule has 1 rings (SSSR count). The van der Waals surface area contributed by atoms with Crippen LogP contribution in [0.2, 0.25) is 0 Å². The van der Waals surface area contributed by atoms with Gasteiger partial charge in [-0.25, -0.2) is 4.79 Å². The minimum atomic E-state index is -1.30. The maximum absolute atomic E-state index is 12.3. The Morgan fingerprint density at radius 1 is 1.90 bits per heavy atom. The van der Waals surface area contributed by atoms with Gasteiger partial charge in [0.15, 0.2) is 0 Å². The van der Waals surface area contributed by atoms with Gasteiger partial charge < -0.3 is 5.11 Å². The second-order valence-corrected chi connectivity index (χ2v) is 1.81. The third kappa shape index (κ3) is 0.975. The van der Waals surface area contributed by atoms with Crippen LogP contribution in [0.1, 0.15) is 10.4 Å². The summed E-state index contributed by atoms with van der Waals surface area (Å²) in [7, 11) is 1.45. The first-order valence-electron chi connectivity index (χ1n) is 2.53. The molecule has 1 aromatic heterocycles. The molecule has 0 atom stereocenters. The summed E-state index contributed by atoms with van der Waals surface area (Å²) in [5, 5.41) is 11.5. The van der Waals surface area contributed by atoms with E-state index >= 15 is 0 Å². The lowest BCUT2D eigenvalue weighted by atomic mass is 10.4. The molecule has 54 valence electrons. The molecule has 5 heteroatoms. The quantitative estimate of drug-likeness (QED) is 0.615. The van der Waals surface area contributed by atoms with E-state index in [9.17, 15) is 9.18 Å². The number of aromatic nitrogens is 2. The average Bonchev–Trinajstić information content (AvgIpc) is 2.10. The second kappa shape index (κ2) is 2.09.